The highest BCUT2D eigenvalue weighted by atomic mass is 79.9. The molecule has 2 nitrogen and oxygen atoms in total. The van der Waals surface area contributed by atoms with Gasteiger partial charge < -0.3 is 10.1 Å². The monoisotopic (exact) mass is 371 g/mol. The molecule has 5 heteroatoms. The maximum atomic E-state index is 13.1. The van der Waals surface area contributed by atoms with Crippen LogP contribution >= 0.6 is 27.5 Å². The third-order valence-corrected chi connectivity index (χ3v) is 4.03. The van der Waals surface area contributed by atoms with Crippen molar-refractivity contribution in [2.24, 2.45) is 0 Å². The standard InChI is InChI=1S/C16H16BrClFNO/c1-3-21-16-7-5-12(9-15(16)18)20-10(2)13-6-4-11(19)8-14(13)17/h4-10,20H,3H2,1-2H3. The van der Waals surface area contributed by atoms with Gasteiger partial charge in [-0.1, -0.05) is 33.6 Å². The molecule has 0 saturated carbocycles. The van der Waals surface area contributed by atoms with Crippen LogP contribution in [0.25, 0.3) is 0 Å². The van der Waals surface area contributed by atoms with E-state index in [-0.39, 0.29) is 11.9 Å². The van der Waals surface area contributed by atoms with Crippen LogP contribution in [0.5, 0.6) is 5.75 Å². The van der Waals surface area contributed by atoms with E-state index in [9.17, 15) is 4.39 Å². The summed E-state index contributed by atoms with van der Waals surface area (Å²) in [6.07, 6.45) is 0. The molecule has 2 rings (SSSR count). The van der Waals surface area contributed by atoms with Gasteiger partial charge in [-0.05, 0) is 49.7 Å². The highest BCUT2D eigenvalue weighted by Gasteiger charge is 2.11. The number of benzene rings is 2. The van der Waals surface area contributed by atoms with Gasteiger partial charge >= 0.3 is 0 Å². The van der Waals surface area contributed by atoms with Crippen LogP contribution < -0.4 is 10.1 Å². The minimum atomic E-state index is -0.262. The van der Waals surface area contributed by atoms with E-state index in [0.29, 0.717) is 17.4 Å². The zero-order chi connectivity index (χ0) is 15.4. The Bertz CT molecular complexity index is 636. The summed E-state index contributed by atoms with van der Waals surface area (Å²) in [5.41, 5.74) is 1.86. The first kappa shape index (κ1) is 16.1. The Morgan fingerprint density at radius 1 is 1.29 bits per heavy atom. The lowest BCUT2D eigenvalue weighted by Crippen LogP contribution is -2.07. The van der Waals surface area contributed by atoms with Crippen molar-refractivity contribution in [3.8, 4) is 5.75 Å². The predicted octanol–water partition coefficient (Wildman–Crippen LogP) is 5.81. The maximum absolute atomic E-state index is 13.1. The molecule has 1 atom stereocenters. The van der Waals surface area contributed by atoms with Gasteiger partial charge in [-0.2, -0.15) is 0 Å². The SMILES string of the molecule is CCOc1ccc(NC(C)c2ccc(F)cc2Br)cc1Cl. The van der Waals surface area contributed by atoms with E-state index < -0.39 is 0 Å². The lowest BCUT2D eigenvalue weighted by Gasteiger charge is -2.18. The average Bonchev–Trinajstić information content (AvgIpc) is 2.41. The molecule has 0 heterocycles. The molecule has 0 saturated heterocycles. The molecule has 1 N–H and O–H groups in total. The average molecular weight is 373 g/mol. The Balaban J connectivity index is 2.15. The highest BCUT2D eigenvalue weighted by molar-refractivity contribution is 9.10. The van der Waals surface area contributed by atoms with Crippen LogP contribution in [0.1, 0.15) is 25.5 Å². The fraction of sp³-hybridized carbons (Fsp3) is 0.250. The molecule has 0 amide bonds. The van der Waals surface area contributed by atoms with Gasteiger partial charge in [0.05, 0.1) is 11.6 Å². The van der Waals surface area contributed by atoms with Crippen molar-refractivity contribution in [2.45, 2.75) is 19.9 Å². The van der Waals surface area contributed by atoms with E-state index in [4.69, 9.17) is 16.3 Å². The summed E-state index contributed by atoms with van der Waals surface area (Å²) in [5, 5.41) is 3.90. The van der Waals surface area contributed by atoms with Crippen molar-refractivity contribution in [3.63, 3.8) is 0 Å². The molecule has 2 aromatic rings. The smallest absolute Gasteiger partial charge is 0.138 e. The maximum Gasteiger partial charge on any atom is 0.138 e. The molecular formula is C16H16BrClFNO. The number of anilines is 1. The van der Waals surface area contributed by atoms with E-state index in [1.54, 1.807) is 6.07 Å². The zero-order valence-corrected chi connectivity index (χ0v) is 14.1. The minimum absolute atomic E-state index is 0.00832. The van der Waals surface area contributed by atoms with Gasteiger partial charge in [0.15, 0.2) is 0 Å². The van der Waals surface area contributed by atoms with Crippen molar-refractivity contribution in [1.29, 1.82) is 0 Å². The van der Waals surface area contributed by atoms with Crippen LogP contribution in [0, 0.1) is 5.82 Å². The second kappa shape index (κ2) is 7.14. The van der Waals surface area contributed by atoms with Gasteiger partial charge in [0.2, 0.25) is 0 Å². The highest BCUT2D eigenvalue weighted by Crippen LogP contribution is 2.31. The predicted molar refractivity (Wildman–Crippen MR) is 88.8 cm³/mol. The van der Waals surface area contributed by atoms with Crippen LogP contribution in [0.2, 0.25) is 5.02 Å². The first-order valence-corrected chi connectivity index (χ1v) is 7.82. The van der Waals surface area contributed by atoms with Crippen molar-refractivity contribution >= 4 is 33.2 Å². The fourth-order valence-electron chi connectivity index (χ4n) is 2.04. The van der Waals surface area contributed by atoms with Crippen LogP contribution in [0.4, 0.5) is 10.1 Å². The first-order chi connectivity index (χ1) is 10.0. The second-order valence-corrected chi connectivity index (χ2v) is 5.87. The summed E-state index contributed by atoms with van der Waals surface area (Å²) >= 11 is 9.55. The van der Waals surface area contributed by atoms with Gasteiger partial charge in [-0.3, -0.25) is 0 Å². The molecule has 112 valence electrons. The van der Waals surface area contributed by atoms with Crippen molar-refractivity contribution in [2.75, 3.05) is 11.9 Å². The summed E-state index contributed by atoms with van der Waals surface area (Å²) < 4.78 is 19.3. The summed E-state index contributed by atoms with van der Waals surface area (Å²) in [6, 6.07) is 10.2. The van der Waals surface area contributed by atoms with E-state index in [1.165, 1.54) is 12.1 Å². The van der Waals surface area contributed by atoms with Gasteiger partial charge in [0.1, 0.15) is 11.6 Å². The molecule has 21 heavy (non-hydrogen) atoms. The Hall–Kier alpha value is -1.26. The van der Waals surface area contributed by atoms with Gasteiger partial charge in [0.25, 0.3) is 0 Å². The van der Waals surface area contributed by atoms with Crippen LogP contribution in [-0.4, -0.2) is 6.61 Å². The van der Waals surface area contributed by atoms with Crippen LogP contribution in [0.3, 0.4) is 0 Å². The number of ether oxygens (including phenoxy) is 1. The Morgan fingerprint density at radius 2 is 2.05 bits per heavy atom. The van der Waals surface area contributed by atoms with E-state index >= 15 is 0 Å². The van der Waals surface area contributed by atoms with E-state index in [0.717, 1.165) is 15.7 Å². The number of nitrogens with one attached hydrogen (secondary N) is 1. The number of rotatable bonds is 5. The molecule has 0 aliphatic rings. The molecule has 0 fully saturated rings. The quantitative estimate of drug-likeness (QED) is 0.714. The molecule has 0 spiro atoms. The normalized spacial score (nSPS) is 12.0. The van der Waals surface area contributed by atoms with Crippen molar-refractivity contribution in [3.05, 3.63) is 57.3 Å². The van der Waals surface area contributed by atoms with Gasteiger partial charge in [0, 0.05) is 16.2 Å². The van der Waals surface area contributed by atoms with Gasteiger partial charge in [-0.15, -0.1) is 0 Å². The van der Waals surface area contributed by atoms with E-state index in [1.807, 2.05) is 32.0 Å². The largest absolute Gasteiger partial charge is 0.492 e. The van der Waals surface area contributed by atoms with Crippen LogP contribution in [-0.2, 0) is 0 Å². The third kappa shape index (κ3) is 4.11. The van der Waals surface area contributed by atoms with Crippen molar-refractivity contribution < 1.29 is 9.13 Å². The molecule has 0 radical (unpaired) electrons. The Labute approximate surface area is 137 Å². The zero-order valence-electron chi connectivity index (χ0n) is 11.8. The third-order valence-electron chi connectivity index (χ3n) is 3.04. The second-order valence-electron chi connectivity index (χ2n) is 4.61. The number of halogens is 3. The molecule has 2 aromatic carbocycles. The summed E-state index contributed by atoms with van der Waals surface area (Å²) in [6.45, 7) is 4.49. The summed E-state index contributed by atoms with van der Waals surface area (Å²) in [4.78, 5) is 0. The summed E-state index contributed by atoms with van der Waals surface area (Å²) in [7, 11) is 0. The minimum Gasteiger partial charge on any atom is -0.492 e. The molecular weight excluding hydrogens is 357 g/mol. The topological polar surface area (TPSA) is 21.3 Å². The van der Waals surface area contributed by atoms with E-state index in [2.05, 4.69) is 21.2 Å². The van der Waals surface area contributed by atoms with Crippen LogP contribution in [0.15, 0.2) is 40.9 Å². The first-order valence-electron chi connectivity index (χ1n) is 6.65. The number of hydrogen-bond acceptors (Lipinski definition) is 2. The molecule has 1 unspecified atom stereocenters. The molecule has 0 aliphatic heterocycles. The fourth-order valence-corrected chi connectivity index (χ4v) is 2.97. The molecule has 0 bridgehead atoms. The lowest BCUT2D eigenvalue weighted by atomic mass is 10.1. The lowest BCUT2D eigenvalue weighted by molar-refractivity contribution is 0.340. The number of hydrogen-bond donors (Lipinski definition) is 1. The molecule has 0 aromatic heterocycles. The van der Waals surface area contributed by atoms with Gasteiger partial charge in [-0.25, -0.2) is 4.39 Å². The summed E-state index contributed by atoms with van der Waals surface area (Å²) in [5.74, 6) is 0.405. The molecule has 0 aliphatic carbocycles. The van der Waals surface area contributed by atoms with Crippen molar-refractivity contribution in [1.82, 2.24) is 0 Å². The Kier molecular flexibility index (Phi) is 5.48. The Morgan fingerprint density at radius 3 is 2.67 bits per heavy atom.